The van der Waals surface area contributed by atoms with Crippen LogP contribution in [0.25, 0.3) is 0 Å². The fourth-order valence-corrected chi connectivity index (χ4v) is 0.730. The second kappa shape index (κ2) is 2.43. The van der Waals surface area contributed by atoms with Gasteiger partial charge in [0.2, 0.25) is 0 Å². The Bertz CT molecular complexity index is 145. The summed E-state index contributed by atoms with van der Waals surface area (Å²) in [6.45, 7) is 3.02. The normalized spacial score (nSPS) is 12.5. The van der Waals surface area contributed by atoms with E-state index in [4.69, 9.17) is 4.55 Å². The highest BCUT2D eigenvalue weighted by Crippen LogP contribution is 1.92. The fraction of sp³-hybridized carbons (Fsp3) is 1.00. The van der Waals surface area contributed by atoms with Crippen molar-refractivity contribution in [2.24, 2.45) is 0 Å². The Balaban J connectivity index is 3.75. The van der Waals surface area contributed by atoms with Crippen molar-refractivity contribution >= 4 is 10.4 Å². The Morgan fingerprint density at radius 1 is 1.50 bits per heavy atom. The molecule has 0 rings (SSSR count). The summed E-state index contributed by atoms with van der Waals surface area (Å²) in [5, 5.41) is 0. The lowest BCUT2D eigenvalue weighted by Gasteiger charge is -1.99. The third kappa shape index (κ3) is 5.87. The number of rotatable bonds is 2. The van der Waals surface area contributed by atoms with E-state index < -0.39 is 16.5 Å². The predicted octanol–water partition coefficient (Wildman–Crippen LogP) is 0.214. The Morgan fingerprint density at radius 3 is 1.88 bits per heavy atom. The van der Waals surface area contributed by atoms with Crippen molar-refractivity contribution in [2.45, 2.75) is 20.0 Å². The van der Waals surface area contributed by atoms with Gasteiger partial charge in [0.1, 0.15) is 0 Å². The maximum absolute atomic E-state index is 9.78. The highest BCUT2D eigenvalue weighted by Gasteiger charge is 2.05. The van der Waals surface area contributed by atoms with E-state index in [1.54, 1.807) is 0 Å². The van der Waals surface area contributed by atoms with Crippen molar-refractivity contribution in [3.63, 3.8) is 0 Å². The molecule has 50 valence electrons. The van der Waals surface area contributed by atoms with Crippen LogP contribution in [0.1, 0.15) is 13.8 Å². The van der Waals surface area contributed by atoms with E-state index in [1.165, 1.54) is 13.8 Å². The molecule has 0 aliphatic carbocycles. The van der Waals surface area contributed by atoms with E-state index in [0.29, 0.717) is 0 Å². The molecule has 4 nitrogen and oxygen atoms in total. The molecule has 0 amide bonds. The quantitative estimate of drug-likeness (QED) is 0.557. The van der Waals surface area contributed by atoms with E-state index >= 15 is 0 Å². The lowest BCUT2D eigenvalue weighted by Crippen LogP contribution is -2.10. The summed E-state index contributed by atoms with van der Waals surface area (Å²) in [6.07, 6.45) is -0.495. The number of hydrogen-bond donors (Lipinski definition) is 1. The standard InChI is InChI=1S/C3H8O4S/c1-3(2)7-8(4,5)6/h3H,1-2H3,(H,4,5,6). The summed E-state index contributed by atoms with van der Waals surface area (Å²) in [7, 11) is -4.22. The van der Waals surface area contributed by atoms with Gasteiger partial charge < -0.3 is 0 Å². The van der Waals surface area contributed by atoms with Crippen LogP contribution in [-0.4, -0.2) is 19.1 Å². The number of hydrogen-bond acceptors (Lipinski definition) is 3. The summed E-state index contributed by atoms with van der Waals surface area (Å²) >= 11 is 0. The summed E-state index contributed by atoms with van der Waals surface area (Å²) in [6, 6.07) is 0. The smallest absolute Gasteiger partial charge is 0.264 e. The molecule has 0 unspecified atom stereocenters. The third-order valence-electron chi connectivity index (χ3n) is 0.314. The second-order valence-corrected chi connectivity index (χ2v) is 2.62. The zero-order valence-corrected chi connectivity index (χ0v) is 5.47. The molecule has 5 heteroatoms. The Morgan fingerprint density at radius 2 is 1.88 bits per heavy atom. The fourth-order valence-electron chi connectivity index (χ4n) is 0.243. The highest BCUT2D eigenvalue weighted by molar-refractivity contribution is 7.80. The largest absolute Gasteiger partial charge is 0.397 e. The first-order valence-electron chi connectivity index (χ1n) is 2.07. The molecule has 0 bridgehead atoms. The van der Waals surface area contributed by atoms with Gasteiger partial charge in [0, 0.05) is 0 Å². The highest BCUT2D eigenvalue weighted by atomic mass is 32.3. The first-order chi connectivity index (χ1) is 3.42. The van der Waals surface area contributed by atoms with E-state index in [0.717, 1.165) is 0 Å². The van der Waals surface area contributed by atoms with Crippen LogP contribution in [0, 0.1) is 0 Å². The predicted molar refractivity (Wildman–Crippen MR) is 27.8 cm³/mol. The van der Waals surface area contributed by atoms with E-state index in [2.05, 4.69) is 4.18 Å². The summed E-state index contributed by atoms with van der Waals surface area (Å²) in [4.78, 5) is 0. The van der Waals surface area contributed by atoms with Crippen molar-refractivity contribution in [3.8, 4) is 0 Å². The average Bonchev–Trinajstić information content (AvgIpc) is 1.21. The van der Waals surface area contributed by atoms with Gasteiger partial charge in [0.15, 0.2) is 0 Å². The molecule has 0 atom stereocenters. The van der Waals surface area contributed by atoms with Crippen molar-refractivity contribution < 1.29 is 17.2 Å². The summed E-state index contributed by atoms with van der Waals surface area (Å²) in [5.41, 5.74) is 0. The molecule has 8 heavy (non-hydrogen) atoms. The molecule has 0 aliphatic heterocycles. The van der Waals surface area contributed by atoms with Crippen LogP contribution in [0.5, 0.6) is 0 Å². The van der Waals surface area contributed by atoms with Gasteiger partial charge in [-0.3, -0.25) is 4.55 Å². The average molecular weight is 140 g/mol. The van der Waals surface area contributed by atoms with E-state index in [9.17, 15) is 8.42 Å². The van der Waals surface area contributed by atoms with Gasteiger partial charge in [-0.25, -0.2) is 4.18 Å². The van der Waals surface area contributed by atoms with E-state index in [-0.39, 0.29) is 0 Å². The minimum Gasteiger partial charge on any atom is -0.264 e. The van der Waals surface area contributed by atoms with Crippen molar-refractivity contribution in [2.75, 3.05) is 0 Å². The van der Waals surface area contributed by atoms with Gasteiger partial charge in [-0.2, -0.15) is 8.42 Å². The maximum Gasteiger partial charge on any atom is 0.397 e. The van der Waals surface area contributed by atoms with Crippen molar-refractivity contribution in [3.05, 3.63) is 0 Å². The summed E-state index contributed by atoms with van der Waals surface area (Å²) < 4.78 is 31.5. The zero-order valence-electron chi connectivity index (χ0n) is 4.66. The molecule has 0 heterocycles. The van der Waals surface area contributed by atoms with Gasteiger partial charge in [0.25, 0.3) is 0 Å². The van der Waals surface area contributed by atoms with Crippen molar-refractivity contribution in [1.29, 1.82) is 0 Å². The van der Waals surface area contributed by atoms with Crippen LogP contribution in [0.3, 0.4) is 0 Å². The maximum atomic E-state index is 9.78. The molecular weight excluding hydrogens is 132 g/mol. The summed E-state index contributed by atoms with van der Waals surface area (Å²) in [5.74, 6) is 0. The Labute approximate surface area is 48.4 Å². The molecule has 0 aromatic rings. The monoisotopic (exact) mass is 140 g/mol. The molecule has 0 spiro atoms. The topological polar surface area (TPSA) is 63.6 Å². The molecule has 0 fully saturated rings. The van der Waals surface area contributed by atoms with Gasteiger partial charge in [-0.15, -0.1) is 0 Å². The minimum absolute atomic E-state index is 0.495. The first-order valence-corrected chi connectivity index (χ1v) is 3.44. The zero-order chi connectivity index (χ0) is 6.78. The molecule has 0 aromatic carbocycles. The van der Waals surface area contributed by atoms with Crippen LogP contribution in [0.2, 0.25) is 0 Å². The third-order valence-corrected chi connectivity index (χ3v) is 0.942. The molecule has 0 saturated heterocycles. The van der Waals surface area contributed by atoms with Gasteiger partial charge in [-0.1, -0.05) is 0 Å². The Hall–Kier alpha value is -0.130. The molecule has 0 aliphatic rings. The van der Waals surface area contributed by atoms with E-state index in [1.807, 2.05) is 0 Å². The van der Waals surface area contributed by atoms with Gasteiger partial charge in [-0.05, 0) is 13.8 Å². The van der Waals surface area contributed by atoms with Crippen LogP contribution < -0.4 is 0 Å². The first kappa shape index (κ1) is 7.87. The molecular formula is C3H8O4S. The van der Waals surface area contributed by atoms with Crippen LogP contribution in [0.15, 0.2) is 0 Å². The molecule has 1 N–H and O–H groups in total. The minimum atomic E-state index is -4.22. The van der Waals surface area contributed by atoms with Crippen molar-refractivity contribution in [1.82, 2.24) is 0 Å². The van der Waals surface area contributed by atoms with Crippen LogP contribution in [-0.2, 0) is 14.6 Å². The lowest BCUT2D eigenvalue weighted by atomic mass is 10.5. The Kier molecular flexibility index (Phi) is 2.39. The van der Waals surface area contributed by atoms with Crippen LogP contribution in [0.4, 0.5) is 0 Å². The lowest BCUT2D eigenvalue weighted by molar-refractivity contribution is 0.213. The van der Waals surface area contributed by atoms with Crippen LogP contribution >= 0.6 is 0 Å². The second-order valence-electron chi connectivity index (χ2n) is 1.57. The molecule has 0 saturated carbocycles. The molecule has 0 aromatic heterocycles. The van der Waals surface area contributed by atoms with Gasteiger partial charge >= 0.3 is 10.4 Å². The SMILES string of the molecule is CC(C)OS(=O)(=O)O. The van der Waals surface area contributed by atoms with Gasteiger partial charge in [0.05, 0.1) is 6.10 Å². The molecule has 0 radical (unpaired) electrons.